The Hall–Kier alpha value is -1.66. The van der Waals surface area contributed by atoms with Gasteiger partial charge in [-0.1, -0.05) is 12.1 Å². The van der Waals surface area contributed by atoms with Crippen LogP contribution in [0.1, 0.15) is 24.0 Å². The van der Waals surface area contributed by atoms with Crippen LogP contribution < -0.4 is 10.6 Å². The van der Waals surface area contributed by atoms with Gasteiger partial charge in [-0.05, 0) is 56.0 Å². The summed E-state index contributed by atoms with van der Waals surface area (Å²) in [6.45, 7) is 7.33. The number of nitrogens with zero attached hydrogens (tertiary/aromatic N) is 2. The summed E-state index contributed by atoms with van der Waals surface area (Å²) >= 11 is 0. The zero-order valence-corrected chi connectivity index (χ0v) is 15.6. The number of piperidine rings is 1. The quantitative estimate of drug-likeness (QED) is 0.584. The van der Waals surface area contributed by atoms with Crippen LogP contribution in [0.5, 0.6) is 0 Å². The molecule has 6 heteroatoms. The lowest BCUT2D eigenvalue weighted by molar-refractivity contribution is 0.121. The molecule has 1 aliphatic heterocycles. The van der Waals surface area contributed by atoms with E-state index in [1.807, 2.05) is 6.07 Å². The molecule has 0 aromatic heterocycles. The second-order valence-corrected chi connectivity index (χ2v) is 6.67. The van der Waals surface area contributed by atoms with E-state index in [-0.39, 0.29) is 5.82 Å². The molecule has 25 heavy (non-hydrogen) atoms. The average Bonchev–Trinajstić information content (AvgIpc) is 2.64. The normalized spacial score (nSPS) is 16.9. The number of hydrogen-bond acceptors (Lipinski definition) is 3. The molecule has 0 aliphatic carbocycles. The van der Waals surface area contributed by atoms with Crippen LogP contribution in [0.2, 0.25) is 0 Å². The summed E-state index contributed by atoms with van der Waals surface area (Å²) in [6.07, 6.45) is 2.38. The van der Waals surface area contributed by atoms with Crippen LogP contribution in [-0.2, 0) is 11.3 Å². The zero-order valence-electron chi connectivity index (χ0n) is 15.6. The number of methoxy groups -OCH3 is 1. The molecule has 1 saturated heterocycles. The molecule has 0 saturated carbocycles. The van der Waals surface area contributed by atoms with Crippen molar-refractivity contribution < 1.29 is 9.13 Å². The third kappa shape index (κ3) is 6.63. The molecule has 0 amide bonds. The predicted octanol–water partition coefficient (Wildman–Crippen LogP) is 2.16. The van der Waals surface area contributed by atoms with Gasteiger partial charge in [-0.2, -0.15) is 0 Å². The first-order chi connectivity index (χ1) is 12.1. The zero-order chi connectivity index (χ0) is 18.1. The Morgan fingerprint density at radius 2 is 2.08 bits per heavy atom. The number of benzene rings is 1. The minimum Gasteiger partial charge on any atom is -0.383 e. The van der Waals surface area contributed by atoms with E-state index in [0.717, 1.165) is 44.3 Å². The minimum atomic E-state index is -0.164. The topological polar surface area (TPSA) is 48.9 Å². The molecule has 0 spiro atoms. The summed E-state index contributed by atoms with van der Waals surface area (Å²) < 4.78 is 18.7. The van der Waals surface area contributed by atoms with Gasteiger partial charge in [0.2, 0.25) is 0 Å². The van der Waals surface area contributed by atoms with Gasteiger partial charge in [0, 0.05) is 33.8 Å². The lowest BCUT2D eigenvalue weighted by Gasteiger charge is -2.32. The van der Waals surface area contributed by atoms with Gasteiger partial charge in [-0.3, -0.25) is 4.99 Å². The molecule has 0 bridgehead atoms. The summed E-state index contributed by atoms with van der Waals surface area (Å²) in [5.41, 5.74) is 1.58. The SMILES string of the molecule is CN=C(NCc1ccc(C)c(F)c1)NCC1CCN(CCOC)CC1. The van der Waals surface area contributed by atoms with Crippen molar-refractivity contribution >= 4 is 5.96 Å². The maximum Gasteiger partial charge on any atom is 0.191 e. The number of likely N-dealkylation sites (tertiary alicyclic amines) is 1. The Kier molecular flexibility index (Phi) is 8.15. The number of ether oxygens (including phenoxy) is 1. The summed E-state index contributed by atoms with van der Waals surface area (Å²) in [5, 5.41) is 6.65. The number of guanidine groups is 1. The fraction of sp³-hybridized carbons (Fsp3) is 0.632. The van der Waals surface area contributed by atoms with Crippen molar-refractivity contribution in [2.75, 3.05) is 46.9 Å². The van der Waals surface area contributed by atoms with Crippen LogP contribution in [0.4, 0.5) is 4.39 Å². The van der Waals surface area contributed by atoms with E-state index >= 15 is 0 Å². The molecule has 0 radical (unpaired) electrons. The number of aryl methyl sites for hydroxylation is 1. The second-order valence-electron chi connectivity index (χ2n) is 6.67. The first-order valence-electron chi connectivity index (χ1n) is 9.03. The maximum absolute atomic E-state index is 13.6. The van der Waals surface area contributed by atoms with Crippen molar-refractivity contribution in [1.82, 2.24) is 15.5 Å². The van der Waals surface area contributed by atoms with Crippen molar-refractivity contribution in [2.24, 2.45) is 10.9 Å². The standard InChI is InChI=1S/C19H31FN4O/c1-15-4-5-17(12-18(15)20)14-23-19(21-2)22-13-16-6-8-24(9-7-16)10-11-25-3/h4-5,12,16H,6-11,13-14H2,1-3H3,(H2,21,22,23). The van der Waals surface area contributed by atoms with Crippen LogP contribution in [0.15, 0.2) is 23.2 Å². The van der Waals surface area contributed by atoms with Gasteiger partial charge in [0.15, 0.2) is 5.96 Å². The van der Waals surface area contributed by atoms with E-state index in [4.69, 9.17) is 4.74 Å². The van der Waals surface area contributed by atoms with Crippen molar-refractivity contribution in [3.8, 4) is 0 Å². The molecule has 5 nitrogen and oxygen atoms in total. The monoisotopic (exact) mass is 350 g/mol. The van der Waals surface area contributed by atoms with Gasteiger partial charge in [0.05, 0.1) is 6.61 Å². The van der Waals surface area contributed by atoms with E-state index in [1.54, 1.807) is 33.2 Å². The van der Waals surface area contributed by atoms with Crippen LogP contribution in [-0.4, -0.2) is 57.8 Å². The fourth-order valence-corrected chi connectivity index (χ4v) is 3.03. The number of halogens is 1. The van der Waals surface area contributed by atoms with Gasteiger partial charge in [-0.25, -0.2) is 4.39 Å². The third-order valence-corrected chi connectivity index (χ3v) is 4.80. The third-order valence-electron chi connectivity index (χ3n) is 4.80. The van der Waals surface area contributed by atoms with E-state index in [2.05, 4.69) is 20.5 Å². The molecule has 1 aromatic rings. The van der Waals surface area contributed by atoms with Crippen LogP contribution in [0.25, 0.3) is 0 Å². The Balaban J connectivity index is 1.69. The highest BCUT2D eigenvalue weighted by Gasteiger charge is 2.18. The Bertz CT molecular complexity index is 556. The van der Waals surface area contributed by atoms with Gasteiger partial charge in [0.25, 0.3) is 0 Å². The van der Waals surface area contributed by atoms with E-state index in [0.29, 0.717) is 18.0 Å². The molecule has 1 heterocycles. The Morgan fingerprint density at radius 3 is 2.72 bits per heavy atom. The van der Waals surface area contributed by atoms with Crippen molar-refractivity contribution in [2.45, 2.75) is 26.3 Å². The lowest BCUT2D eigenvalue weighted by Crippen LogP contribution is -2.43. The molecule has 1 aromatic carbocycles. The summed E-state index contributed by atoms with van der Waals surface area (Å²) in [5.74, 6) is 1.26. The first kappa shape index (κ1) is 19.7. The largest absolute Gasteiger partial charge is 0.383 e. The molecule has 0 unspecified atom stereocenters. The number of hydrogen-bond donors (Lipinski definition) is 2. The lowest BCUT2D eigenvalue weighted by atomic mass is 9.97. The Labute approximate surface area is 150 Å². The van der Waals surface area contributed by atoms with Gasteiger partial charge in [-0.15, -0.1) is 0 Å². The molecular weight excluding hydrogens is 319 g/mol. The highest BCUT2D eigenvalue weighted by atomic mass is 19.1. The maximum atomic E-state index is 13.6. The number of rotatable bonds is 7. The number of nitrogens with one attached hydrogen (secondary N) is 2. The molecule has 0 atom stereocenters. The van der Waals surface area contributed by atoms with E-state index in [9.17, 15) is 4.39 Å². The highest BCUT2D eigenvalue weighted by Crippen LogP contribution is 2.16. The smallest absolute Gasteiger partial charge is 0.191 e. The highest BCUT2D eigenvalue weighted by molar-refractivity contribution is 5.79. The Morgan fingerprint density at radius 1 is 1.32 bits per heavy atom. The number of aliphatic imine (C=N–C) groups is 1. The van der Waals surface area contributed by atoms with Crippen molar-refractivity contribution in [3.05, 3.63) is 35.1 Å². The van der Waals surface area contributed by atoms with Gasteiger partial charge in [0.1, 0.15) is 5.82 Å². The fourth-order valence-electron chi connectivity index (χ4n) is 3.03. The molecular formula is C19H31FN4O. The van der Waals surface area contributed by atoms with Crippen molar-refractivity contribution in [3.63, 3.8) is 0 Å². The van der Waals surface area contributed by atoms with Crippen LogP contribution in [0, 0.1) is 18.7 Å². The summed E-state index contributed by atoms with van der Waals surface area (Å²) in [6, 6.07) is 5.32. The van der Waals surface area contributed by atoms with Crippen LogP contribution in [0.3, 0.4) is 0 Å². The minimum absolute atomic E-state index is 0.164. The molecule has 140 valence electrons. The van der Waals surface area contributed by atoms with Gasteiger partial charge >= 0.3 is 0 Å². The van der Waals surface area contributed by atoms with Crippen LogP contribution >= 0.6 is 0 Å². The molecule has 2 rings (SSSR count). The van der Waals surface area contributed by atoms with E-state index < -0.39 is 0 Å². The second kappa shape index (κ2) is 10.4. The molecule has 1 aliphatic rings. The van der Waals surface area contributed by atoms with E-state index in [1.165, 1.54) is 12.8 Å². The summed E-state index contributed by atoms with van der Waals surface area (Å²) in [4.78, 5) is 6.71. The van der Waals surface area contributed by atoms with Crippen molar-refractivity contribution in [1.29, 1.82) is 0 Å². The summed E-state index contributed by atoms with van der Waals surface area (Å²) in [7, 11) is 3.51. The average molecular weight is 350 g/mol. The van der Waals surface area contributed by atoms with Gasteiger partial charge < -0.3 is 20.3 Å². The predicted molar refractivity (Wildman–Crippen MR) is 100 cm³/mol. The first-order valence-corrected chi connectivity index (χ1v) is 9.03. The molecule has 1 fully saturated rings. The molecule has 2 N–H and O–H groups in total.